The van der Waals surface area contributed by atoms with Crippen LogP contribution in [0.4, 0.5) is 0 Å². The Hall–Kier alpha value is -1.56. The fourth-order valence-corrected chi connectivity index (χ4v) is 2.78. The van der Waals surface area contributed by atoms with E-state index >= 15 is 0 Å². The van der Waals surface area contributed by atoms with Crippen LogP contribution >= 0.6 is 11.6 Å². The fourth-order valence-electron chi connectivity index (χ4n) is 1.85. The van der Waals surface area contributed by atoms with Gasteiger partial charge in [0.15, 0.2) is 9.84 Å². The highest BCUT2D eigenvalue weighted by atomic mass is 35.5. The SMILES string of the molecule is CS(=O)(=O)c1cccc(Oc2ccc(CCN)c(Cl)c2)c1. The van der Waals surface area contributed by atoms with Gasteiger partial charge in [0.05, 0.1) is 4.90 Å². The number of hydrogen-bond donors (Lipinski definition) is 1. The standard InChI is InChI=1S/C15H16ClNO3S/c1-21(18,19)14-4-2-3-12(9-14)20-13-6-5-11(7-8-17)15(16)10-13/h2-6,9-10H,7-8,17H2,1H3. The molecular weight excluding hydrogens is 310 g/mol. The molecule has 2 N–H and O–H groups in total. The van der Waals surface area contributed by atoms with Gasteiger partial charge in [-0.1, -0.05) is 23.7 Å². The summed E-state index contributed by atoms with van der Waals surface area (Å²) in [4.78, 5) is 0.214. The number of sulfone groups is 1. The maximum absolute atomic E-state index is 11.5. The van der Waals surface area contributed by atoms with Crippen LogP contribution in [0.1, 0.15) is 5.56 Å². The zero-order valence-corrected chi connectivity index (χ0v) is 13.1. The highest BCUT2D eigenvalue weighted by Gasteiger charge is 2.09. The van der Waals surface area contributed by atoms with E-state index in [0.717, 1.165) is 11.8 Å². The molecule has 0 aliphatic heterocycles. The topological polar surface area (TPSA) is 69.4 Å². The number of halogens is 1. The zero-order valence-electron chi connectivity index (χ0n) is 11.5. The Labute approximate surface area is 129 Å². The van der Waals surface area contributed by atoms with Crippen LogP contribution in [-0.4, -0.2) is 21.2 Å². The zero-order chi connectivity index (χ0) is 15.5. The first kappa shape index (κ1) is 15.8. The third kappa shape index (κ3) is 4.20. The van der Waals surface area contributed by atoms with Crippen molar-refractivity contribution in [3.63, 3.8) is 0 Å². The van der Waals surface area contributed by atoms with Crippen molar-refractivity contribution in [1.29, 1.82) is 0 Å². The van der Waals surface area contributed by atoms with Crippen molar-refractivity contribution >= 4 is 21.4 Å². The van der Waals surface area contributed by atoms with Crippen molar-refractivity contribution in [3.8, 4) is 11.5 Å². The molecule has 0 bridgehead atoms. The van der Waals surface area contributed by atoms with Crippen molar-refractivity contribution in [2.75, 3.05) is 12.8 Å². The van der Waals surface area contributed by atoms with Gasteiger partial charge in [0, 0.05) is 11.3 Å². The summed E-state index contributed by atoms with van der Waals surface area (Å²) in [5.41, 5.74) is 6.46. The van der Waals surface area contributed by atoms with Crippen LogP contribution in [-0.2, 0) is 16.3 Å². The Morgan fingerprint density at radius 1 is 1.14 bits per heavy atom. The lowest BCUT2D eigenvalue weighted by Gasteiger charge is -2.09. The minimum atomic E-state index is -3.26. The summed E-state index contributed by atoms with van der Waals surface area (Å²) in [6.45, 7) is 0.524. The van der Waals surface area contributed by atoms with E-state index in [1.54, 1.807) is 24.3 Å². The number of hydrogen-bond acceptors (Lipinski definition) is 4. The van der Waals surface area contributed by atoms with Gasteiger partial charge in [-0.3, -0.25) is 0 Å². The van der Waals surface area contributed by atoms with Gasteiger partial charge in [-0.15, -0.1) is 0 Å². The average molecular weight is 326 g/mol. The maximum Gasteiger partial charge on any atom is 0.175 e. The van der Waals surface area contributed by atoms with E-state index in [4.69, 9.17) is 22.1 Å². The summed E-state index contributed by atoms with van der Waals surface area (Å²) in [6, 6.07) is 11.7. The largest absolute Gasteiger partial charge is 0.457 e. The second-order valence-electron chi connectivity index (χ2n) is 4.64. The lowest BCUT2D eigenvalue weighted by Crippen LogP contribution is -2.03. The molecule has 0 saturated carbocycles. The normalized spacial score (nSPS) is 11.4. The molecule has 0 atom stereocenters. The highest BCUT2D eigenvalue weighted by molar-refractivity contribution is 7.90. The van der Waals surface area contributed by atoms with E-state index in [0.29, 0.717) is 29.5 Å². The van der Waals surface area contributed by atoms with Crippen molar-refractivity contribution in [1.82, 2.24) is 0 Å². The molecule has 0 aliphatic rings. The monoisotopic (exact) mass is 325 g/mol. The maximum atomic E-state index is 11.5. The third-order valence-electron chi connectivity index (χ3n) is 2.91. The number of ether oxygens (including phenoxy) is 1. The van der Waals surface area contributed by atoms with Gasteiger partial charge in [-0.2, -0.15) is 0 Å². The predicted octanol–water partition coefficient (Wildman–Crippen LogP) is 3.04. The lowest BCUT2D eigenvalue weighted by molar-refractivity contribution is 0.480. The Morgan fingerprint density at radius 2 is 1.86 bits per heavy atom. The van der Waals surface area contributed by atoms with E-state index in [-0.39, 0.29) is 4.90 Å². The Bertz CT molecular complexity index is 744. The fraction of sp³-hybridized carbons (Fsp3) is 0.200. The quantitative estimate of drug-likeness (QED) is 0.917. The van der Waals surface area contributed by atoms with Crippen LogP contribution in [0.25, 0.3) is 0 Å². The predicted molar refractivity (Wildman–Crippen MR) is 83.8 cm³/mol. The van der Waals surface area contributed by atoms with Gasteiger partial charge in [0.2, 0.25) is 0 Å². The van der Waals surface area contributed by atoms with Gasteiger partial charge in [-0.05, 0) is 48.9 Å². The van der Waals surface area contributed by atoms with Crippen LogP contribution in [0.15, 0.2) is 47.4 Å². The van der Waals surface area contributed by atoms with Crippen molar-refractivity contribution in [2.24, 2.45) is 5.73 Å². The summed E-state index contributed by atoms with van der Waals surface area (Å²) >= 11 is 6.15. The molecule has 2 aromatic carbocycles. The van der Waals surface area contributed by atoms with E-state index < -0.39 is 9.84 Å². The number of nitrogens with two attached hydrogens (primary N) is 1. The lowest BCUT2D eigenvalue weighted by atomic mass is 10.1. The van der Waals surface area contributed by atoms with Crippen LogP contribution in [0.3, 0.4) is 0 Å². The van der Waals surface area contributed by atoms with Gasteiger partial charge < -0.3 is 10.5 Å². The van der Waals surface area contributed by atoms with Gasteiger partial charge in [0.1, 0.15) is 11.5 Å². The summed E-state index contributed by atoms with van der Waals surface area (Å²) in [5, 5.41) is 0.581. The Morgan fingerprint density at radius 3 is 2.48 bits per heavy atom. The Balaban J connectivity index is 2.24. The molecule has 112 valence electrons. The molecule has 0 unspecified atom stereocenters. The van der Waals surface area contributed by atoms with Crippen LogP contribution in [0, 0.1) is 0 Å². The molecule has 0 amide bonds. The highest BCUT2D eigenvalue weighted by Crippen LogP contribution is 2.28. The van der Waals surface area contributed by atoms with Gasteiger partial charge >= 0.3 is 0 Å². The molecule has 0 radical (unpaired) electrons. The van der Waals surface area contributed by atoms with Gasteiger partial charge in [-0.25, -0.2) is 8.42 Å². The molecule has 4 nitrogen and oxygen atoms in total. The van der Waals surface area contributed by atoms with Crippen molar-refractivity contribution < 1.29 is 13.2 Å². The van der Waals surface area contributed by atoms with Crippen molar-refractivity contribution in [2.45, 2.75) is 11.3 Å². The first-order valence-corrected chi connectivity index (χ1v) is 8.63. The second kappa shape index (κ2) is 6.47. The van der Waals surface area contributed by atoms with Gasteiger partial charge in [0.25, 0.3) is 0 Å². The molecule has 0 heterocycles. The molecule has 21 heavy (non-hydrogen) atoms. The molecule has 0 spiro atoms. The minimum absolute atomic E-state index is 0.214. The van der Waals surface area contributed by atoms with E-state index in [9.17, 15) is 8.42 Å². The molecule has 6 heteroatoms. The molecule has 0 aliphatic carbocycles. The smallest absolute Gasteiger partial charge is 0.175 e. The van der Waals surface area contributed by atoms with E-state index in [1.807, 2.05) is 6.07 Å². The van der Waals surface area contributed by atoms with Crippen molar-refractivity contribution in [3.05, 3.63) is 53.1 Å². The van der Waals surface area contributed by atoms with Crippen LogP contribution in [0.5, 0.6) is 11.5 Å². The Kier molecular flexibility index (Phi) is 4.88. The number of benzene rings is 2. The summed E-state index contributed by atoms with van der Waals surface area (Å²) < 4.78 is 28.7. The van der Waals surface area contributed by atoms with Crippen LogP contribution < -0.4 is 10.5 Å². The first-order valence-electron chi connectivity index (χ1n) is 6.36. The molecular formula is C15H16ClNO3S. The first-order chi connectivity index (χ1) is 9.90. The van der Waals surface area contributed by atoms with E-state index in [2.05, 4.69) is 0 Å². The average Bonchev–Trinajstić information content (AvgIpc) is 2.41. The molecule has 2 aromatic rings. The molecule has 0 saturated heterocycles. The summed E-state index contributed by atoms with van der Waals surface area (Å²) in [5.74, 6) is 0.993. The second-order valence-corrected chi connectivity index (χ2v) is 7.06. The molecule has 2 rings (SSSR count). The summed E-state index contributed by atoms with van der Waals surface area (Å²) in [7, 11) is -3.26. The third-order valence-corrected chi connectivity index (χ3v) is 4.37. The molecule has 0 aromatic heterocycles. The van der Waals surface area contributed by atoms with E-state index in [1.165, 1.54) is 12.1 Å². The minimum Gasteiger partial charge on any atom is -0.457 e. The molecule has 0 fully saturated rings. The number of rotatable bonds is 5. The van der Waals surface area contributed by atoms with Crippen LogP contribution in [0.2, 0.25) is 5.02 Å². The summed E-state index contributed by atoms with van der Waals surface area (Å²) in [6.07, 6.45) is 1.85.